The van der Waals surface area contributed by atoms with Crippen molar-refractivity contribution in [2.45, 2.75) is 25.8 Å². The standard InChI is InChI=1S/C14H18N2O/c1-3-14(2,10-17)16-13-12-7-5-4-6-11(12)8-9-15-13/h4-9,17H,3,10H2,1-2H3,(H,15,16). The Morgan fingerprint density at radius 1 is 1.29 bits per heavy atom. The number of benzene rings is 1. The van der Waals surface area contributed by atoms with E-state index in [-0.39, 0.29) is 12.1 Å². The Bertz CT molecular complexity index is 501. The van der Waals surface area contributed by atoms with Crippen molar-refractivity contribution in [3.8, 4) is 0 Å². The van der Waals surface area contributed by atoms with E-state index < -0.39 is 0 Å². The van der Waals surface area contributed by atoms with Crippen LogP contribution in [-0.4, -0.2) is 22.2 Å². The van der Waals surface area contributed by atoms with E-state index in [1.165, 1.54) is 0 Å². The topological polar surface area (TPSA) is 45.1 Å². The van der Waals surface area contributed by atoms with Gasteiger partial charge in [0.2, 0.25) is 0 Å². The number of aliphatic hydroxyl groups excluding tert-OH is 1. The molecule has 1 aromatic carbocycles. The minimum absolute atomic E-state index is 0.0917. The normalized spacial score (nSPS) is 14.5. The van der Waals surface area contributed by atoms with Gasteiger partial charge in [-0.25, -0.2) is 4.98 Å². The first kappa shape index (κ1) is 11.9. The van der Waals surface area contributed by atoms with Gasteiger partial charge >= 0.3 is 0 Å². The average molecular weight is 230 g/mol. The molecule has 0 spiro atoms. The van der Waals surface area contributed by atoms with Crippen LogP contribution in [0.2, 0.25) is 0 Å². The van der Waals surface area contributed by atoms with Gasteiger partial charge in [-0.05, 0) is 24.8 Å². The number of fused-ring (bicyclic) bond motifs is 1. The maximum absolute atomic E-state index is 9.43. The van der Waals surface area contributed by atoms with Gasteiger partial charge in [0, 0.05) is 11.6 Å². The molecule has 2 rings (SSSR count). The predicted octanol–water partition coefficient (Wildman–Crippen LogP) is 2.81. The van der Waals surface area contributed by atoms with Crippen LogP contribution >= 0.6 is 0 Å². The summed E-state index contributed by atoms with van der Waals surface area (Å²) in [5.41, 5.74) is -0.322. The molecule has 0 saturated heterocycles. The lowest BCUT2D eigenvalue weighted by atomic mass is 10.00. The zero-order valence-electron chi connectivity index (χ0n) is 10.3. The highest BCUT2D eigenvalue weighted by Gasteiger charge is 2.21. The highest BCUT2D eigenvalue weighted by atomic mass is 16.3. The van der Waals surface area contributed by atoms with Crippen LogP contribution in [0.15, 0.2) is 36.5 Å². The largest absolute Gasteiger partial charge is 0.394 e. The molecule has 0 aliphatic heterocycles. The Kier molecular flexibility index (Phi) is 3.29. The molecule has 1 heterocycles. The first-order chi connectivity index (χ1) is 8.18. The monoisotopic (exact) mass is 230 g/mol. The Morgan fingerprint density at radius 2 is 2.06 bits per heavy atom. The molecule has 0 radical (unpaired) electrons. The van der Waals surface area contributed by atoms with Gasteiger partial charge in [0.05, 0.1) is 12.1 Å². The van der Waals surface area contributed by atoms with Crippen LogP contribution in [0.4, 0.5) is 5.82 Å². The molecule has 1 unspecified atom stereocenters. The SMILES string of the molecule is CCC(C)(CO)Nc1nccc2ccccc12. The zero-order valence-corrected chi connectivity index (χ0v) is 10.3. The molecule has 1 atom stereocenters. The van der Waals surface area contributed by atoms with E-state index in [2.05, 4.69) is 16.4 Å². The zero-order chi connectivity index (χ0) is 12.3. The van der Waals surface area contributed by atoms with E-state index >= 15 is 0 Å². The maximum Gasteiger partial charge on any atom is 0.134 e. The third kappa shape index (κ3) is 2.39. The Hall–Kier alpha value is -1.61. The molecule has 2 N–H and O–H groups in total. The van der Waals surface area contributed by atoms with Gasteiger partial charge < -0.3 is 10.4 Å². The van der Waals surface area contributed by atoms with Gasteiger partial charge in [0.15, 0.2) is 0 Å². The molecule has 3 nitrogen and oxygen atoms in total. The van der Waals surface area contributed by atoms with Crippen molar-refractivity contribution >= 4 is 16.6 Å². The van der Waals surface area contributed by atoms with Crippen molar-refractivity contribution in [1.29, 1.82) is 0 Å². The molecule has 0 bridgehead atoms. The van der Waals surface area contributed by atoms with E-state index in [0.29, 0.717) is 0 Å². The van der Waals surface area contributed by atoms with Crippen LogP contribution in [0, 0.1) is 0 Å². The first-order valence-corrected chi connectivity index (χ1v) is 5.91. The Balaban J connectivity index is 2.42. The fourth-order valence-electron chi connectivity index (χ4n) is 1.74. The molecule has 0 amide bonds. The third-order valence-electron chi connectivity index (χ3n) is 3.22. The van der Waals surface area contributed by atoms with Gasteiger partial charge in [-0.3, -0.25) is 0 Å². The summed E-state index contributed by atoms with van der Waals surface area (Å²) in [6.45, 7) is 4.14. The Morgan fingerprint density at radius 3 is 2.76 bits per heavy atom. The molecule has 2 aromatic rings. The first-order valence-electron chi connectivity index (χ1n) is 5.91. The van der Waals surface area contributed by atoms with Crippen molar-refractivity contribution in [2.75, 3.05) is 11.9 Å². The minimum atomic E-state index is -0.322. The molecule has 0 fully saturated rings. The summed E-state index contributed by atoms with van der Waals surface area (Å²) in [6.07, 6.45) is 2.63. The van der Waals surface area contributed by atoms with Gasteiger partial charge in [-0.2, -0.15) is 0 Å². The van der Waals surface area contributed by atoms with Crippen LogP contribution in [0.3, 0.4) is 0 Å². The van der Waals surface area contributed by atoms with Crippen LogP contribution in [0.5, 0.6) is 0 Å². The van der Waals surface area contributed by atoms with E-state index in [0.717, 1.165) is 23.0 Å². The lowest BCUT2D eigenvalue weighted by molar-refractivity contribution is 0.218. The number of anilines is 1. The van der Waals surface area contributed by atoms with Crippen LogP contribution in [0.25, 0.3) is 10.8 Å². The lowest BCUT2D eigenvalue weighted by Crippen LogP contribution is -2.38. The molecule has 0 aliphatic carbocycles. The predicted molar refractivity (Wildman–Crippen MR) is 71.1 cm³/mol. The van der Waals surface area contributed by atoms with E-state index in [4.69, 9.17) is 0 Å². The highest BCUT2D eigenvalue weighted by molar-refractivity contribution is 5.91. The smallest absolute Gasteiger partial charge is 0.134 e. The van der Waals surface area contributed by atoms with Gasteiger partial charge in [0.1, 0.15) is 5.82 Å². The van der Waals surface area contributed by atoms with Crippen molar-refractivity contribution < 1.29 is 5.11 Å². The second-order valence-corrected chi connectivity index (χ2v) is 4.58. The van der Waals surface area contributed by atoms with Gasteiger partial charge in [-0.15, -0.1) is 0 Å². The summed E-state index contributed by atoms with van der Waals surface area (Å²) in [5, 5.41) is 15.0. The summed E-state index contributed by atoms with van der Waals surface area (Å²) < 4.78 is 0. The van der Waals surface area contributed by atoms with Gasteiger partial charge in [0.25, 0.3) is 0 Å². The number of aliphatic hydroxyl groups is 1. The molecule has 17 heavy (non-hydrogen) atoms. The molecule has 3 heteroatoms. The van der Waals surface area contributed by atoms with Crippen molar-refractivity contribution in [1.82, 2.24) is 4.98 Å². The van der Waals surface area contributed by atoms with Crippen LogP contribution < -0.4 is 5.32 Å². The second kappa shape index (κ2) is 4.72. The van der Waals surface area contributed by atoms with Crippen LogP contribution in [0.1, 0.15) is 20.3 Å². The minimum Gasteiger partial charge on any atom is -0.394 e. The molecule has 0 saturated carbocycles. The Labute approximate surface area is 102 Å². The number of hydrogen-bond donors (Lipinski definition) is 2. The maximum atomic E-state index is 9.43. The number of rotatable bonds is 4. The van der Waals surface area contributed by atoms with Crippen molar-refractivity contribution in [3.05, 3.63) is 36.5 Å². The fourth-order valence-corrected chi connectivity index (χ4v) is 1.74. The summed E-state index contributed by atoms with van der Waals surface area (Å²) in [4.78, 5) is 4.37. The molecule has 90 valence electrons. The number of pyridine rings is 1. The van der Waals surface area contributed by atoms with E-state index in [1.807, 2.05) is 38.1 Å². The average Bonchev–Trinajstić information content (AvgIpc) is 2.39. The van der Waals surface area contributed by atoms with Crippen molar-refractivity contribution in [2.24, 2.45) is 0 Å². The lowest BCUT2D eigenvalue weighted by Gasteiger charge is -2.28. The van der Waals surface area contributed by atoms with Gasteiger partial charge in [-0.1, -0.05) is 31.2 Å². The number of aromatic nitrogens is 1. The summed E-state index contributed by atoms with van der Waals surface area (Å²) in [6, 6.07) is 10.1. The summed E-state index contributed by atoms with van der Waals surface area (Å²) in [5.74, 6) is 0.835. The number of hydrogen-bond acceptors (Lipinski definition) is 3. The highest BCUT2D eigenvalue weighted by Crippen LogP contribution is 2.24. The molecule has 1 aromatic heterocycles. The molecule has 0 aliphatic rings. The number of nitrogens with zero attached hydrogens (tertiary/aromatic N) is 1. The van der Waals surface area contributed by atoms with E-state index in [1.54, 1.807) is 6.20 Å². The molecular formula is C14H18N2O. The van der Waals surface area contributed by atoms with Crippen LogP contribution in [-0.2, 0) is 0 Å². The molecular weight excluding hydrogens is 212 g/mol. The number of nitrogens with one attached hydrogen (secondary N) is 1. The van der Waals surface area contributed by atoms with Crippen molar-refractivity contribution in [3.63, 3.8) is 0 Å². The summed E-state index contributed by atoms with van der Waals surface area (Å²) in [7, 11) is 0. The third-order valence-corrected chi connectivity index (χ3v) is 3.22. The second-order valence-electron chi connectivity index (χ2n) is 4.58. The van der Waals surface area contributed by atoms with E-state index in [9.17, 15) is 5.11 Å². The quantitative estimate of drug-likeness (QED) is 0.849. The fraction of sp³-hybridized carbons (Fsp3) is 0.357. The summed E-state index contributed by atoms with van der Waals surface area (Å²) >= 11 is 0.